The molecule has 3 aliphatic heterocycles. The Morgan fingerprint density at radius 2 is 1.96 bits per heavy atom. The van der Waals surface area contributed by atoms with Crippen LogP contribution in [-0.2, 0) is 11.3 Å². The third-order valence-corrected chi connectivity index (χ3v) is 5.29. The van der Waals surface area contributed by atoms with Crippen LogP contribution in [0.3, 0.4) is 0 Å². The van der Waals surface area contributed by atoms with Gasteiger partial charge in [0.1, 0.15) is 6.04 Å². The quantitative estimate of drug-likeness (QED) is 0.803. The molecule has 0 bridgehead atoms. The zero-order valence-electron chi connectivity index (χ0n) is 15.2. The third kappa shape index (κ3) is 2.25. The van der Waals surface area contributed by atoms with Gasteiger partial charge < -0.3 is 0 Å². The van der Waals surface area contributed by atoms with Crippen LogP contribution in [0.15, 0.2) is 34.4 Å². The number of carbonyl (C=O) groups excluding carboxylic acids is 2. The highest BCUT2D eigenvalue weighted by molar-refractivity contribution is 6.23. The van der Waals surface area contributed by atoms with Crippen molar-refractivity contribution in [2.45, 2.75) is 39.4 Å². The summed E-state index contributed by atoms with van der Waals surface area (Å²) in [6.07, 6.45) is 0. The fraction of sp³-hybridized carbons (Fsp3) is 0.389. The molecule has 2 unspecified atom stereocenters. The molecule has 3 amide bonds. The third-order valence-electron chi connectivity index (χ3n) is 5.29. The average Bonchev–Trinajstić information content (AvgIpc) is 3.02. The second kappa shape index (κ2) is 5.76. The van der Waals surface area contributed by atoms with E-state index < -0.39 is 6.04 Å². The van der Waals surface area contributed by atoms with Crippen LogP contribution >= 0.6 is 0 Å². The lowest BCUT2D eigenvalue weighted by Gasteiger charge is -2.35. The number of nitrogens with zero attached hydrogens (tertiary/aromatic N) is 5. The number of benzene rings is 1. The molecule has 8 nitrogen and oxygen atoms in total. The van der Waals surface area contributed by atoms with E-state index >= 15 is 0 Å². The fourth-order valence-electron chi connectivity index (χ4n) is 3.51. The molecule has 1 aromatic carbocycles. The first kappa shape index (κ1) is 16.4. The Bertz CT molecular complexity index is 916. The zero-order valence-corrected chi connectivity index (χ0v) is 15.2. The van der Waals surface area contributed by atoms with Gasteiger partial charge >= 0.3 is 12.0 Å². The van der Waals surface area contributed by atoms with Crippen molar-refractivity contribution in [2.75, 3.05) is 7.05 Å². The van der Waals surface area contributed by atoms with E-state index in [1.165, 1.54) is 9.80 Å². The van der Waals surface area contributed by atoms with Crippen molar-refractivity contribution >= 4 is 29.4 Å². The summed E-state index contributed by atoms with van der Waals surface area (Å²) in [6.45, 7) is 6.10. The van der Waals surface area contributed by atoms with E-state index in [2.05, 4.69) is 15.5 Å². The Kier molecular flexibility index (Phi) is 3.64. The molecule has 26 heavy (non-hydrogen) atoms. The van der Waals surface area contributed by atoms with E-state index in [4.69, 9.17) is 0 Å². The molecule has 1 saturated heterocycles. The maximum atomic E-state index is 13.3. The number of carbonyl (C=O) groups is 2. The van der Waals surface area contributed by atoms with E-state index in [1.54, 1.807) is 7.05 Å². The monoisotopic (exact) mass is 353 g/mol. The van der Waals surface area contributed by atoms with Crippen molar-refractivity contribution in [1.82, 2.24) is 15.2 Å². The number of fused-ring (bicyclic) bond motifs is 2. The van der Waals surface area contributed by atoms with Crippen LogP contribution in [0, 0.1) is 6.92 Å². The van der Waals surface area contributed by atoms with Gasteiger partial charge in [-0.3, -0.25) is 14.6 Å². The molecule has 0 saturated carbocycles. The molecular weight excluding hydrogens is 332 g/mol. The number of amides is 3. The molecule has 3 heterocycles. The number of nitrogens with one attached hydrogen (secondary N) is 1. The van der Waals surface area contributed by atoms with Crippen molar-refractivity contribution in [1.29, 1.82) is 0 Å². The fourth-order valence-corrected chi connectivity index (χ4v) is 3.51. The molecule has 2 atom stereocenters. The van der Waals surface area contributed by atoms with E-state index in [-0.39, 0.29) is 24.5 Å². The lowest BCUT2D eigenvalue weighted by Crippen LogP contribution is -2.64. The smallest absolute Gasteiger partial charge is 0.270 e. The normalized spacial score (nSPS) is 24.9. The van der Waals surface area contributed by atoms with E-state index in [9.17, 15) is 9.59 Å². The van der Waals surface area contributed by atoms with Gasteiger partial charge in [0, 0.05) is 7.05 Å². The van der Waals surface area contributed by atoms with E-state index in [1.807, 2.05) is 49.6 Å². The standard InChI is InChI=1S/C18H20N6O2/c1-10-7-5-6-8-13(10)9-23-16(25)14-15(22(4)18(23)26)19-17-21-20-11(2)12(3)24(14)17/h5-8,12,14H,9H2,1-4H3/p+1. The Balaban J connectivity index is 1.71. The topological polar surface area (TPSA) is 80.4 Å². The molecule has 0 radical (unpaired) electrons. The van der Waals surface area contributed by atoms with Gasteiger partial charge in [0.2, 0.25) is 11.9 Å². The predicted molar refractivity (Wildman–Crippen MR) is 97.1 cm³/mol. The number of aliphatic imine (C=N–C) groups is 1. The number of amidine groups is 1. The first-order valence-corrected chi connectivity index (χ1v) is 8.57. The Labute approximate surface area is 151 Å². The minimum atomic E-state index is -0.621. The number of likely N-dealkylation sites (N-methyl/N-ethyl adjacent to an activating group) is 1. The summed E-state index contributed by atoms with van der Waals surface area (Å²) in [7, 11) is 1.66. The molecule has 1 N–H and O–H groups in total. The lowest BCUT2D eigenvalue weighted by atomic mass is 10.1. The number of guanidine groups is 1. The van der Waals surface area contributed by atoms with Gasteiger partial charge in [0.05, 0.1) is 12.3 Å². The van der Waals surface area contributed by atoms with Crippen molar-refractivity contribution in [3.8, 4) is 0 Å². The Hall–Kier alpha value is -3.03. The molecule has 1 fully saturated rings. The summed E-state index contributed by atoms with van der Waals surface area (Å²) in [6, 6.07) is 6.70. The molecule has 134 valence electrons. The SMILES string of the molecule is CC1=NNC2=[N+](C1C)C1C(=O)N(Cc3ccccc3C)C(=O)N(C)C1=N2. The molecule has 8 heteroatoms. The molecule has 0 spiro atoms. The van der Waals surface area contributed by atoms with Crippen molar-refractivity contribution in [2.24, 2.45) is 10.1 Å². The number of aryl methyl sites for hydroxylation is 1. The highest BCUT2D eigenvalue weighted by Crippen LogP contribution is 2.24. The number of hydrogen-bond acceptors (Lipinski definition) is 5. The predicted octanol–water partition coefficient (Wildman–Crippen LogP) is 0.906. The van der Waals surface area contributed by atoms with Gasteiger partial charge in [-0.25, -0.2) is 9.37 Å². The highest BCUT2D eigenvalue weighted by atomic mass is 16.2. The van der Waals surface area contributed by atoms with Crippen LogP contribution in [0.4, 0.5) is 4.79 Å². The largest absolute Gasteiger partial charge is 0.414 e. The number of hydrazone groups is 1. The maximum absolute atomic E-state index is 13.3. The van der Waals surface area contributed by atoms with Crippen molar-refractivity contribution in [3.05, 3.63) is 35.4 Å². The maximum Gasteiger partial charge on any atom is 0.414 e. The summed E-state index contributed by atoms with van der Waals surface area (Å²) in [4.78, 5) is 33.3. The van der Waals surface area contributed by atoms with Crippen LogP contribution in [0.1, 0.15) is 25.0 Å². The summed E-state index contributed by atoms with van der Waals surface area (Å²) >= 11 is 0. The molecule has 0 aliphatic carbocycles. The van der Waals surface area contributed by atoms with Crippen LogP contribution < -0.4 is 5.43 Å². The second-order valence-electron chi connectivity index (χ2n) is 6.84. The Morgan fingerprint density at radius 1 is 1.23 bits per heavy atom. The molecule has 4 rings (SSSR count). The Morgan fingerprint density at radius 3 is 2.69 bits per heavy atom. The number of rotatable bonds is 2. The van der Waals surface area contributed by atoms with Gasteiger partial charge in [-0.2, -0.15) is 5.43 Å². The molecule has 1 aromatic rings. The number of hydrogen-bond donors (Lipinski definition) is 1. The molecular formula is C18H21N6O2+. The minimum Gasteiger partial charge on any atom is -0.270 e. The molecule has 3 aliphatic rings. The summed E-state index contributed by atoms with van der Waals surface area (Å²) in [5, 5.41) is 4.23. The minimum absolute atomic E-state index is 0.0802. The number of urea groups is 1. The highest BCUT2D eigenvalue weighted by Gasteiger charge is 2.54. The summed E-state index contributed by atoms with van der Waals surface area (Å²) < 4.78 is 1.90. The van der Waals surface area contributed by atoms with Crippen molar-refractivity contribution in [3.63, 3.8) is 0 Å². The van der Waals surface area contributed by atoms with Crippen LogP contribution in [0.2, 0.25) is 0 Å². The van der Waals surface area contributed by atoms with Crippen LogP contribution in [-0.4, -0.2) is 63.0 Å². The van der Waals surface area contributed by atoms with Crippen molar-refractivity contribution < 1.29 is 14.2 Å². The summed E-state index contributed by atoms with van der Waals surface area (Å²) in [5.41, 5.74) is 5.74. The second-order valence-corrected chi connectivity index (χ2v) is 6.84. The van der Waals surface area contributed by atoms with E-state index in [0.29, 0.717) is 11.8 Å². The van der Waals surface area contributed by atoms with Gasteiger partial charge in [-0.05, 0) is 31.9 Å². The van der Waals surface area contributed by atoms with Gasteiger partial charge in [-0.15, -0.1) is 5.10 Å². The van der Waals surface area contributed by atoms with Gasteiger partial charge in [0.25, 0.3) is 5.91 Å². The molecule has 0 aromatic heterocycles. The first-order chi connectivity index (χ1) is 12.4. The van der Waals surface area contributed by atoms with E-state index in [0.717, 1.165) is 16.8 Å². The van der Waals surface area contributed by atoms with Crippen LogP contribution in [0.5, 0.6) is 0 Å². The average molecular weight is 353 g/mol. The lowest BCUT2D eigenvalue weighted by molar-refractivity contribution is -0.555. The van der Waals surface area contributed by atoms with Crippen LogP contribution in [0.25, 0.3) is 0 Å². The first-order valence-electron chi connectivity index (χ1n) is 8.57. The summed E-state index contributed by atoms with van der Waals surface area (Å²) in [5.74, 6) is 0.697. The van der Waals surface area contributed by atoms with Gasteiger partial charge in [0.15, 0.2) is 0 Å². The number of imide groups is 1. The van der Waals surface area contributed by atoms with Gasteiger partial charge in [-0.1, -0.05) is 29.3 Å². The zero-order chi connectivity index (χ0) is 18.6.